The summed E-state index contributed by atoms with van der Waals surface area (Å²) in [6.45, 7) is 2.63. The molecule has 1 fully saturated rings. The number of nitrogens with zero attached hydrogens (tertiary/aromatic N) is 1. The molecule has 1 N–H and O–H groups in total. The maximum atomic E-state index is 14.5. The van der Waals surface area contributed by atoms with Gasteiger partial charge in [0.15, 0.2) is 0 Å². The molecule has 3 aromatic rings. The van der Waals surface area contributed by atoms with Gasteiger partial charge in [-0.1, -0.05) is 46.3 Å². The molecule has 0 spiro atoms. The number of hydrogen-bond donors (Lipinski definition) is 1. The quantitative estimate of drug-likeness (QED) is 0.288. The van der Waals surface area contributed by atoms with Gasteiger partial charge in [-0.25, -0.2) is 4.39 Å². The largest absolute Gasteiger partial charge is 0.349 e. The number of hydrogen-bond acceptors (Lipinski definition) is 1. The summed E-state index contributed by atoms with van der Waals surface area (Å²) in [7, 11) is 0. The van der Waals surface area contributed by atoms with E-state index in [0.717, 1.165) is 22.3 Å². The van der Waals surface area contributed by atoms with Crippen molar-refractivity contribution in [3.63, 3.8) is 0 Å². The van der Waals surface area contributed by atoms with E-state index < -0.39 is 0 Å². The van der Waals surface area contributed by atoms with Crippen molar-refractivity contribution in [2.24, 2.45) is 5.92 Å². The normalized spacial score (nSPS) is 20.3. The number of fused-ring (bicyclic) bond motifs is 1. The van der Waals surface area contributed by atoms with Crippen LogP contribution in [0.3, 0.4) is 0 Å². The third kappa shape index (κ3) is 4.67. The molecule has 6 heteroatoms. The number of halogens is 3. The smallest absolute Gasteiger partial charge is 0.253 e. The van der Waals surface area contributed by atoms with E-state index >= 15 is 0 Å². The third-order valence-corrected chi connectivity index (χ3v) is 7.65. The van der Waals surface area contributed by atoms with Crippen LogP contribution in [0.5, 0.6) is 0 Å². The molecule has 1 amide bonds. The number of carbonyl (C=O) groups excluding carboxylic acids is 1. The highest BCUT2D eigenvalue weighted by molar-refractivity contribution is 14.1. The number of carbonyl (C=O) groups is 1. The molecular weight excluding hydrogens is 514 g/mol. The molecule has 1 atom stereocenters. The lowest BCUT2D eigenvalue weighted by Gasteiger charge is -2.30. The summed E-state index contributed by atoms with van der Waals surface area (Å²) in [4.78, 5) is 13.2. The highest BCUT2D eigenvalue weighted by Crippen LogP contribution is 2.31. The highest BCUT2D eigenvalue weighted by Gasteiger charge is 2.26. The van der Waals surface area contributed by atoms with Crippen molar-refractivity contribution in [2.75, 3.05) is 0 Å². The number of benzene rings is 2. The third-order valence-electron chi connectivity index (χ3n) is 6.15. The predicted octanol–water partition coefficient (Wildman–Crippen LogP) is 6.59. The van der Waals surface area contributed by atoms with E-state index in [1.807, 2.05) is 35.0 Å². The summed E-state index contributed by atoms with van der Waals surface area (Å²) in [5.41, 5.74) is 2.18. The van der Waals surface area contributed by atoms with Gasteiger partial charge in [0.1, 0.15) is 5.82 Å². The van der Waals surface area contributed by atoms with Crippen LogP contribution in [-0.2, 0) is 6.54 Å². The second kappa shape index (κ2) is 9.27. The molecule has 1 aromatic heterocycles. The maximum absolute atomic E-state index is 14.5. The van der Waals surface area contributed by atoms with Crippen LogP contribution in [0.4, 0.5) is 4.39 Å². The Balaban J connectivity index is 1.60. The van der Waals surface area contributed by atoms with Gasteiger partial charge in [-0.3, -0.25) is 4.79 Å². The molecule has 30 heavy (non-hydrogen) atoms. The fraction of sp³-hybridized carbons (Fsp3) is 0.375. The lowest BCUT2D eigenvalue weighted by Crippen LogP contribution is -2.39. The van der Waals surface area contributed by atoms with E-state index in [-0.39, 0.29) is 17.8 Å². The Morgan fingerprint density at radius 1 is 1.17 bits per heavy atom. The van der Waals surface area contributed by atoms with Gasteiger partial charge in [0.25, 0.3) is 5.91 Å². The number of rotatable bonds is 5. The van der Waals surface area contributed by atoms with Crippen LogP contribution in [-0.4, -0.2) is 20.4 Å². The molecule has 158 valence electrons. The SMILES string of the molecule is CC(NC(=O)c1ccc(F)c2ccn(Cc3ccc(Cl)cc3)c12)C1CCC(I)CC1. The van der Waals surface area contributed by atoms with Crippen molar-refractivity contribution in [1.29, 1.82) is 0 Å². The first-order valence-electron chi connectivity index (χ1n) is 10.4. The minimum atomic E-state index is -0.315. The summed E-state index contributed by atoms with van der Waals surface area (Å²) in [6, 6.07) is 12.4. The van der Waals surface area contributed by atoms with E-state index in [4.69, 9.17) is 11.6 Å². The number of amides is 1. The molecular formula is C24H25ClFIN2O. The molecule has 0 bridgehead atoms. The van der Waals surface area contributed by atoms with Crippen LogP contribution in [0.15, 0.2) is 48.7 Å². The van der Waals surface area contributed by atoms with Crippen molar-refractivity contribution in [1.82, 2.24) is 9.88 Å². The van der Waals surface area contributed by atoms with Gasteiger partial charge in [-0.2, -0.15) is 0 Å². The number of nitrogens with one attached hydrogen (secondary N) is 1. The van der Waals surface area contributed by atoms with Gasteiger partial charge in [-0.15, -0.1) is 0 Å². The summed E-state index contributed by atoms with van der Waals surface area (Å²) in [5, 5.41) is 4.33. The molecule has 1 aliphatic rings. The standard InChI is InChI=1S/C24H25ClFIN2O/c1-15(17-4-8-19(27)9-5-17)28-24(30)21-10-11-22(26)20-12-13-29(23(20)21)14-16-2-6-18(25)7-3-16/h2-3,6-7,10-13,15,17,19H,4-5,8-9,14H2,1H3,(H,28,30). The summed E-state index contributed by atoms with van der Waals surface area (Å²) < 4.78 is 17.1. The number of alkyl halides is 1. The van der Waals surface area contributed by atoms with Crippen LogP contribution in [0.25, 0.3) is 10.9 Å². The first kappa shape index (κ1) is 21.6. The van der Waals surface area contributed by atoms with Crippen molar-refractivity contribution < 1.29 is 9.18 Å². The van der Waals surface area contributed by atoms with Crippen molar-refractivity contribution in [3.05, 3.63) is 70.6 Å². The Kier molecular flexibility index (Phi) is 6.68. The first-order valence-corrected chi connectivity index (χ1v) is 12.0. The first-order chi connectivity index (χ1) is 14.4. The second-order valence-corrected chi connectivity index (χ2v) is 10.4. The lowest BCUT2D eigenvalue weighted by atomic mass is 9.84. The molecule has 1 unspecified atom stereocenters. The molecule has 0 aliphatic heterocycles. The summed E-state index contributed by atoms with van der Waals surface area (Å²) in [6.07, 6.45) is 6.53. The fourth-order valence-electron chi connectivity index (χ4n) is 4.37. The highest BCUT2D eigenvalue weighted by atomic mass is 127. The van der Waals surface area contributed by atoms with Crippen molar-refractivity contribution in [2.45, 2.75) is 49.1 Å². The van der Waals surface area contributed by atoms with Crippen LogP contribution in [0.1, 0.15) is 48.5 Å². The van der Waals surface area contributed by atoms with Crippen LogP contribution in [0, 0.1) is 11.7 Å². The molecule has 0 radical (unpaired) electrons. The zero-order valence-electron chi connectivity index (χ0n) is 16.9. The van der Waals surface area contributed by atoms with Gasteiger partial charge in [0.05, 0.1) is 11.1 Å². The molecule has 3 nitrogen and oxygen atoms in total. The molecule has 1 aliphatic carbocycles. The van der Waals surface area contributed by atoms with Crippen molar-refractivity contribution >= 4 is 51.0 Å². The van der Waals surface area contributed by atoms with Gasteiger partial charge in [-0.05, 0) is 74.4 Å². The maximum Gasteiger partial charge on any atom is 0.253 e. The Hall–Kier alpha value is -1.60. The van der Waals surface area contributed by atoms with Crippen LogP contribution >= 0.6 is 34.2 Å². The van der Waals surface area contributed by atoms with Crippen molar-refractivity contribution in [3.8, 4) is 0 Å². The number of aromatic nitrogens is 1. The fourth-order valence-corrected chi connectivity index (χ4v) is 5.22. The van der Waals surface area contributed by atoms with E-state index in [0.29, 0.717) is 34.0 Å². The lowest BCUT2D eigenvalue weighted by molar-refractivity contribution is 0.0921. The Morgan fingerprint density at radius 3 is 2.57 bits per heavy atom. The molecule has 4 rings (SSSR count). The molecule has 1 saturated carbocycles. The average molecular weight is 539 g/mol. The zero-order valence-corrected chi connectivity index (χ0v) is 19.8. The zero-order chi connectivity index (χ0) is 21.3. The minimum Gasteiger partial charge on any atom is -0.349 e. The average Bonchev–Trinajstić information content (AvgIpc) is 3.15. The molecule has 0 saturated heterocycles. The van der Waals surface area contributed by atoms with Gasteiger partial charge in [0, 0.05) is 33.1 Å². The topological polar surface area (TPSA) is 34.0 Å². The minimum absolute atomic E-state index is 0.0983. The monoisotopic (exact) mass is 538 g/mol. The predicted molar refractivity (Wildman–Crippen MR) is 129 cm³/mol. The summed E-state index contributed by atoms with van der Waals surface area (Å²) in [5.74, 6) is 0.0433. The molecule has 1 heterocycles. The van der Waals surface area contributed by atoms with Gasteiger partial charge >= 0.3 is 0 Å². The Labute approximate surface area is 195 Å². The van der Waals surface area contributed by atoms with E-state index in [1.54, 1.807) is 12.1 Å². The Bertz CT molecular complexity index is 1040. The van der Waals surface area contributed by atoms with Gasteiger partial charge in [0.2, 0.25) is 0 Å². The van der Waals surface area contributed by atoms with Crippen LogP contribution in [0.2, 0.25) is 5.02 Å². The molecule has 2 aromatic carbocycles. The second-order valence-electron chi connectivity index (χ2n) is 8.20. The van der Waals surface area contributed by atoms with E-state index in [9.17, 15) is 9.18 Å². The Morgan fingerprint density at radius 2 is 1.87 bits per heavy atom. The summed E-state index contributed by atoms with van der Waals surface area (Å²) >= 11 is 8.50. The van der Waals surface area contributed by atoms with Crippen LogP contribution < -0.4 is 5.32 Å². The van der Waals surface area contributed by atoms with Gasteiger partial charge < -0.3 is 9.88 Å². The van der Waals surface area contributed by atoms with E-state index in [2.05, 4.69) is 34.8 Å². The van der Waals surface area contributed by atoms with E-state index in [1.165, 1.54) is 18.9 Å².